The van der Waals surface area contributed by atoms with E-state index < -0.39 is 0 Å². The number of nitrogens with one attached hydrogen (secondary N) is 1. The summed E-state index contributed by atoms with van der Waals surface area (Å²) in [5, 5.41) is 7.04. The van der Waals surface area contributed by atoms with Gasteiger partial charge in [0, 0.05) is 11.8 Å². The van der Waals surface area contributed by atoms with Crippen molar-refractivity contribution in [1.29, 1.82) is 0 Å². The van der Waals surface area contributed by atoms with E-state index in [4.69, 9.17) is 9.26 Å². The van der Waals surface area contributed by atoms with E-state index in [0.29, 0.717) is 17.9 Å². The van der Waals surface area contributed by atoms with Crippen LogP contribution in [-0.2, 0) is 6.61 Å². The Bertz CT molecular complexity index is 1100. The third kappa shape index (κ3) is 4.80. The largest absolute Gasteiger partial charge is 0.489 e. The maximum absolute atomic E-state index is 13.1. The highest BCUT2D eigenvalue weighted by Gasteiger charge is 2.19. The molecule has 0 aliphatic carbocycles. The van der Waals surface area contributed by atoms with Crippen molar-refractivity contribution in [1.82, 2.24) is 15.5 Å². The molecule has 4 rings (SSSR count). The van der Waals surface area contributed by atoms with E-state index in [0.717, 1.165) is 28.3 Å². The van der Waals surface area contributed by atoms with Crippen LogP contribution in [0.2, 0.25) is 0 Å². The minimum Gasteiger partial charge on any atom is -0.489 e. The van der Waals surface area contributed by atoms with Crippen LogP contribution in [-0.4, -0.2) is 16.0 Å². The van der Waals surface area contributed by atoms with Crippen LogP contribution < -0.4 is 10.1 Å². The fraction of sp³-hybridized carbons (Fsp3) is 0.160. The first-order chi connectivity index (χ1) is 15.1. The number of hydrogen-bond acceptors (Lipinski definition) is 5. The number of aryl methyl sites for hydroxylation is 2. The molecule has 156 valence electrons. The number of carbonyl (C=O) groups is 1. The first-order valence-corrected chi connectivity index (χ1v) is 10.0. The van der Waals surface area contributed by atoms with Crippen LogP contribution in [0.1, 0.15) is 44.7 Å². The van der Waals surface area contributed by atoms with Crippen LogP contribution in [0.25, 0.3) is 0 Å². The standard InChI is InChI=1S/C25H23N3O3/c1-17-22(18(2)31-28-17)16-30-21-12-8-11-20(15-21)25(29)27-24(19-9-4-3-5-10-19)23-13-6-7-14-26-23/h3-15,24H,16H2,1-2H3,(H,27,29). The summed E-state index contributed by atoms with van der Waals surface area (Å²) in [6.07, 6.45) is 1.72. The summed E-state index contributed by atoms with van der Waals surface area (Å²) in [6.45, 7) is 4.05. The maximum atomic E-state index is 13.1. The van der Waals surface area contributed by atoms with Crippen molar-refractivity contribution in [2.75, 3.05) is 0 Å². The zero-order chi connectivity index (χ0) is 21.6. The molecule has 0 spiro atoms. The van der Waals surface area contributed by atoms with E-state index in [-0.39, 0.29) is 11.9 Å². The second kappa shape index (κ2) is 9.26. The first-order valence-electron chi connectivity index (χ1n) is 10.0. The van der Waals surface area contributed by atoms with Crippen molar-refractivity contribution in [2.24, 2.45) is 0 Å². The smallest absolute Gasteiger partial charge is 0.252 e. The summed E-state index contributed by atoms with van der Waals surface area (Å²) in [5.74, 6) is 1.12. The molecule has 2 aromatic heterocycles. The highest BCUT2D eigenvalue weighted by molar-refractivity contribution is 5.95. The number of nitrogens with zero attached hydrogens (tertiary/aromatic N) is 2. The van der Waals surface area contributed by atoms with Gasteiger partial charge in [-0.25, -0.2) is 0 Å². The fourth-order valence-corrected chi connectivity index (χ4v) is 3.33. The van der Waals surface area contributed by atoms with Crippen LogP contribution in [0.3, 0.4) is 0 Å². The minimum atomic E-state index is -0.359. The second-order valence-corrected chi connectivity index (χ2v) is 7.19. The Morgan fingerprint density at radius 1 is 1.03 bits per heavy atom. The van der Waals surface area contributed by atoms with Crippen molar-refractivity contribution in [3.8, 4) is 5.75 Å². The van der Waals surface area contributed by atoms with Crippen LogP contribution in [0, 0.1) is 13.8 Å². The van der Waals surface area contributed by atoms with Crippen molar-refractivity contribution in [2.45, 2.75) is 26.5 Å². The molecule has 0 fully saturated rings. The van der Waals surface area contributed by atoms with Gasteiger partial charge in [0.15, 0.2) is 0 Å². The Hall–Kier alpha value is -3.93. The molecule has 2 aromatic carbocycles. The van der Waals surface area contributed by atoms with Gasteiger partial charge in [-0.05, 0) is 49.7 Å². The molecule has 6 heteroatoms. The number of hydrogen-bond donors (Lipinski definition) is 1. The lowest BCUT2D eigenvalue weighted by Gasteiger charge is -2.19. The predicted octanol–water partition coefficient (Wildman–Crippen LogP) is 4.78. The van der Waals surface area contributed by atoms with E-state index in [2.05, 4.69) is 15.5 Å². The molecule has 31 heavy (non-hydrogen) atoms. The third-order valence-electron chi connectivity index (χ3n) is 5.05. The molecule has 0 aliphatic heterocycles. The predicted molar refractivity (Wildman–Crippen MR) is 117 cm³/mol. The van der Waals surface area contributed by atoms with Gasteiger partial charge in [0.1, 0.15) is 18.1 Å². The van der Waals surface area contributed by atoms with Crippen LogP contribution in [0.4, 0.5) is 0 Å². The van der Waals surface area contributed by atoms with E-state index in [1.807, 2.05) is 68.4 Å². The number of amides is 1. The van der Waals surface area contributed by atoms with Gasteiger partial charge in [0.25, 0.3) is 5.91 Å². The molecule has 1 N–H and O–H groups in total. The normalized spacial score (nSPS) is 11.7. The number of ether oxygens (including phenoxy) is 1. The van der Waals surface area contributed by atoms with E-state index in [9.17, 15) is 4.79 Å². The van der Waals surface area contributed by atoms with Crippen LogP contribution >= 0.6 is 0 Å². The van der Waals surface area contributed by atoms with Gasteiger partial charge >= 0.3 is 0 Å². The van der Waals surface area contributed by atoms with Gasteiger partial charge in [-0.2, -0.15) is 0 Å². The van der Waals surface area contributed by atoms with Gasteiger partial charge < -0.3 is 14.6 Å². The Labute approximate surface area is 180 Å². The summed E-state index contributed by atoms with van der Waals surface area (Å²) in [5.41, 5.74) is 3.95. The number of pyridine rings is 1. The Balaban J connectivity index is 1.52. The highest BCUT2D eigenvalue weighted by atomic mass is 16.5. The number of benzene rings is 2. The first kappa shape index (κ1) is 20.3. The summed E-state index contributed by atoms with van der Waals surface area (Å²) in [7, 11) is 0. The molecule has 4 aromatic rings. The molecule has 0 saturated heterocycles. The zero-order valence-corrected chi connectivity index (χ0v) is 17.4. The van der Waals surface area contributed by atoms with Gasteiger partial charge in [0.05, 0.1) is 23.0 Å². The third-order valence-corrected chi connectivity index (χ3v) is 5.05. The molecule has 1 amide bonds. The molecular formula is C25H23N3O3. The lowest BCUT2D eigenvalue weighted by atomic mass is 10.0. The Kier molecular flexibility index (Phi) is 6.08. The molecule has 0 radical (unpaired) electrons. The van der Waals surface area contributed by atoms with Crippen LogP contribution in [0.15, 0.2) is 83.5 Å². The summed E-state index contributed by atoms with van der Waals surface area (Å²) in [4.78, 5) is 17.5. The van der Waals surface area contributed by atoms with Gasteiger partial charge in [-0.15, -0.1) is 0 Å². The molecule has 6 nitrogen and oxygen atoms in total. The van der Waals surface area contributed by atoms with Crippen molar-refractivity contribution in [3.05, 3.63) is 113 Å². The molecular weight excluding hydrogens is 390 g/mol. The van der Waals surface area contributed by atoms with E-state index in [1.165, 1.54) is 0 Å². The lowest BCUT2D eigenvalue weighted by Crippen LogP contribution is -2.29. The maximum Gasteiger partial charge on any atom is 0.252 e. The SMILES string of the molecule is Cc1noc(C)c1COc1cccc(C(=O)NC(c2ccccc2)c2ccccn2)c1. The second-order valence-electron chi connectivity index (χ2n) is 7.19. The van der Waals surface area contributed by atoms with Crippen molar-refractivity contribution >= 4 is 5.91 Å². The van der Waals surface area contributed by atoms with Gasteiger partial charge in [-0.3, -0.25) is 9.78 Å². The Morgan fingerprint density at radius 2 is 1.84 bits per heavy atom. The average Bonchev–Trinajstić information content (AvgIpc) is 3.14. The molecule has 1 unspecified atom stereocenters. The highest BCUT2D eigenvalue weighted by Crippen LogP contribution is 2.22. The Morgan fingerprint density at radius 3 is 2.55 bits per heavy atom. The topological polar surface area (TPSA) is 77.2 Å². The fourth-order valence-electron chi connectivity index (χ4n) is 3.33. The quantitative estimate of drug-likeness (QED) is 0.472. The monoisotopic (exact) mass is 413 g/mol. The van der Waals surface area contributed by atoms with Crippen molar-refractivity contribution in [3.63, 3.8) is 0 Å². The molecule has 0 saturated carbocycles. The summed E-state index contributed by atoms with van der Waals surface area (Å²) in [6, 6.07) is 22.2. The molecule has 0 bridgehead atoms. The average molecular weight is 413 g/mol. The lowest BCUT2D eigenvalue weighted by molar-refractivity contribution is 0.0941. The number of carbonyl (C=O) groups excluding carboxylic acids is 1. The molecule has 1 atom stereocenters. The molecule has 2 heterocycles. The van der Waals surface area contributed by atoms with Gasteiger partial charge in [0.2, 0.25) is 0 Å². The summed E-state index contributed by atoms with van der Waals surface area (Å²) >= 11 is 0. The van der Waals surface area contributed by atoms with Crippen molar-refractivity contribution < 1.29 is 14.1 Å². The minimum absolute atomic E-state index is 0.206. The summed E-state index contributed by atoms with van der Waals surface area (Å²) < 4.78 is 11.1. The van der Waals surface area contributed by atoms with Gasteiger partial charge in [-0.1, -0.05) is 47.6 Å². The molecule has 0 aliphatic rings. The zero-order valence-electron chi connectivity index (χ0n) is 17.4. The number of rotatable bonds is 7. The van der Waals surface area contributed by atoms with E-state index in [1.54, 1.807) is 24.4 Å². The number of aromatic nitrogens is 2. The van der Waals surface area contributed by atoms with Crippen LogP contribution in [0.5, 0.6) is 5.75 Å². The van der Waals surface area contributed by atoms with E-state index >= 15 is 0 Å².